The molecule has 0 unspecified atom stereocenters. The Morgan fingerprint density at radius 2 is 1.23 bits per heavy atom. The summed E-state index contributed by atoms with van der Waals surface area (Å²) in [6.45, 7) is 2.32. The largest absolute Gasteiger partial charge is 0.489 e. The second-order valence-electron chi connectivity index (χ2n) is 7.39. The van der Waals surface area contributed by atoms with Gasteiger partial charge in [-0.1, -0.05) is 23.2 Å². The van der Waals surface area contributed by atoms with E-state index in [4.69, 9.17) is 51.6 Å². The molecule has 16 heteroatoms. The lowest BCUT2D eigenvalue weighted by atomic mass is 10.2. The van der Waals surface area contributed by atoms with Gasteiger partial charge in [-0.15, -0.1) is 0 Å². The van der Waals surface area contributed by atoms with Gasteiger partial charge in [-0.3, -0.25) is 20.2 Å². The third kappa shape index (κ3) is 8.64. The van der Waals surface area contributed by atoms with E-state index in [2.05, 4.69) is 0 Å². The number of hydrogen-bond acceptors (Lipinski definition) is 12. The number of ether oxygens (including phenoxy) is 6. The van der Waals surface area contributed by atoms with Gasteiger partial charge in [0.05, 0.1) is 34.2 Å². The summed E-state index contributed by atoms with van der Waals surface area (Å²) in [7, 11) is 1.35. The number of benzene rings is 2. The second-order valence-corrected chi connectivity index (χ2v) is 8.14. The maximum absolute atomic E-state index is 12.1. The fourth-order valence-electron chi connectivity index (χ4n) is 2.98. The molecular formula is C23H24Cl2N2O12. The van der Waals surface area contributed by atoms with Crippen LogP contribution in [0.15, 0.2) is 24.3 Å². The van der Waals surface area contributed by atoms with E-state index in [1.807, 2.05) is 0 Å². The third-order valence-electron chi connectivity index (χ3n) is 4.73. The molecule has 39 heavy (non-hydrogen) atoms. The predicted molar refractivity (Wildman–Crippen MR) is 136 cm³/mol. The molecule has 0 spiro atoms. The molecule has 212 valence electrons. The summed E-state index contributed by atoms with van der Waals surface area (Å²) in [4.78, 5) is 45.6. The van der Waals surface area contributed by atoms with Crippen molar-refractivity contribution in [2.24, 2.45) is 0 Å². The molecule has 0 heterocycles. The monoisotopic (exact) mass is 590 g/mol. The minimum atomic E-state index is -0.951. The van der Waals surface area contributed by atoms with Crippen molar-refractivity contribution in [1.29, 1.82) is 0 Å². The van der Waals surface area contributed by atoms with Crippen LogP contribution in [0.3, 0.4) is 0 Å². The fraction of sp³-hybridized carbons (Fsp3) is 0.391. The molecule has 0 amide bonds. The van der Waals surface area contributed by atoms with Gasteiger partial charge in [0.15, 0.2) is 10.0 Å². The molecule has 0 aliphatic carbocycles. The summed E-state index contributed by atoms with van der Waals surface area (Å²) in [6, 6.07) is 4.26. The van der Waals surface area contributed by atoms with E-state index in [0.29, 0.717) is 0 Å². The van der Waals surface area contributed by atoms with Crippen LogP contribution < -0.4 is 9.47 Å². The second kappa shape index (κ2) is 15.0. The van der Waals surface area contributed by atoms with Gasteiger partial charge in [0.1, 0.15) is 37.6 Å². The molecule has 0 N–H and O–H groups in total. The highest BCUT2D eigenvalue weighted by atomic mass is 35.5. The lowest BCUT2D eigenvalue weighted by Crippen LogP contribution is -2.29. The molecule has 0 aliphatic heterocycles. The average molecular weight is 591 g/mol. The van der Waals surface area contributed by atoms with E-state index >= 15 is 0 Å². The summed E-state index contributed by atoms with van der Waals surface area (Å²) in [5.41, 5.74) is -1.50. The van der Waals surface area contributed by atoms with Crippen molar-refractivity contribution in [3.63, 3.8) is 0 Å². The van der Waals surface area contributed by atoms with Crippen molar-refractivity contribution >= 4 is 46.5 Å². The predicted octanol–water partition coefficient (Wildman–Crippen LogP) is 4.61. The van der Waals surface area contributed by atoms with Crippen molar-refractivity contribution in [3.05, 3.63) is 65.7 Å². The molecule has 2 aromatic rings. The lowest BCUT2D eigenvalue weighted by molar-refractivity contribution is -0.384. The number of nitro groups is 2. The molecule has 0 saturated carbocycles. The number of carbonyl (C=O) groups excluding carboxylic acids is 2. The van der Waals surface area contributed by atoms with Crippen molar-refractivity contribution in [1.82, 2.24) is 0 Å². The van der Waals surface area contributed by atoms with E-state index in [1.54, 1.807) is 13.8 Å². The first-order valence-corrected chi connectivity index (χ1v) is 12.0. The van der Waals surface area contributed by atoms with E-state index in [0.717, 1.165) is 12.1 Å². The fourth-order valence-corrected chi connectivity index (χ4v) is 3.45. The van der Waals surface area contributed by atoms with Crippen LogP contribution >= 0.6 is 23.2 Å². The quantitative estimate of drug-likeness (QED) is 0.122. The topological polar surface area (TPSA) is 176 Å². The standard InChI is InChI=1S/C23H24Cl2N2O12/c1-4-35-22(28)13-6-16(26(30)31)20(24)18(8-13)37-10-15(39-12-34-3)11-38-19-9-14(23(29)36-5-2)7-17(21(19)25)27(32)33/h6-9,15H,4-5,10-12H2,1-3H3. The number of hydrogen-bond donors (Lipinski definition) is 0. The zero-order chi connectivity index (χ0) is 29.1. The number of nitrogens with zero attached hydrogens (tertiary/aromatic N) is 2. The Morgan fingerprint density at radius 3 is 1.56 bits per heavy atom. The summed E-state index contributed by atoms with van der Waals surface area (Å²) in [6.07, 6.45) is -0.951. The highest BCUT2D eigenvalue weighted by molar-refractivity contribution is 6.34. The molecule has 14 nitrogen and oxygen atoms in total. The first-order chi connectivity index (χ1) is 18.5. The zero-order valence-corrected chi connectivity index (χ0v) is 22.5. The molecule has 0 radical (unpaired) electrons. The average Bonchev–Trinajstić information content (AvgIpc) is 2.89. The molecule has 0 aromatic heterocycles. The molecule has 0 saturated heterocycles. The summed E-state index contributed by atoms with van der Waals surface area (Å²) in [5, 5.41) is 22.1. The van der Waals surface area contributed by atoms with Crippen LogP contribution in [-0.4, -0.2) is 68.2 Å². The lowest BCUT2D eigenvalue weighted by Gasteiger charge is -2.20. The van der Waals surface area contributed by atoms with Crippen LogP contribution in [0.4, 0.5) is 11.4 Å². The summed E-state index contributed by atoms with van der Waals surface area (Å²) < 4.78 is 31.4. The Balaban J connectivity index is 2.31. The van der Waals surface area contributed by atoms with Gasteiger partial charge >= 0.3 is 11.9 Å². The molecule has 2 rings (SSSR count). The normalized spacial score (nSPS) is 10.7. The smallest absolute Gasteiger partial charge is 0.338 e. The number of nitro benzene ring substituents is 2. The van der Waals surface area contributed by atoms with Crippen LogP contribution in [0.25, 0.3) is 0 Å². The van der Waals surface area contributed by atoms with Crippen LogP contribution in [-0.2, 0) is 18.9 Å². The summed E-state index contributed by atoms with van der Waals surface area (Å²) >= 11 is 12.2. The molecule has 0 atom stereocenters. The third-order valence-corrected chi connectivity index (χ3v) is 5.49. The highest BCUT2D eigenvalue weighted by Crippen LogP contribution is 2.37. The van der Waals surface area contributed by atoms with Crippen molar-refractivity contribution < 1.29 is 47.9 Å². The van der Waals surface area contributed by atoms with Gasteiger partial charge in [-0.2, -0.15) is 0 Å². The van der Waals surface area contributed by atoms with Crippen molar-refractivity contribution in [2.75, 3.05) is 40.3 Å². The van der Waals surface area contributed by atoms with Gasteiger partial charge in [0, 0.05) is 19.2 Å². The number of esters is 2. The SMILES string of the molecule is CCOC(=O)c1cc(OCC(COc2cc(C(=O)OCC)cc([N+](=O)[O-])c2Cl)OCOC)c(Cl)c([N+](=O)[O-])c1. The highest BCUT2D eigenvalue weighted by Gasteiger charge is 2.26. The molecule has 0 fully saturated rings. The maximum atomic E-state index is 12.1. The van der Waals surface area contributed by atoms with Crippen molar-refractivity contribution in [2.45, 2.75) is 20.0 Å². The Kier molecular flexibility index (Phi) is 12.1. The van der Waals surface area contributed by atoms with E-state index in [9.17, 15) is 29.8 Å². The molecular weight excluding hydrogens is 567 g/mol. The van der Waals surface area contributed by atoms with Crippen LogP contribution in [0.5, 0.6) is 11.5 Å². The Morgan fingerprint density at radius 1 is 0.821 bits per heavy atom. The van der Waals surface area contributed by atoms with E-state index in [1.165, 1.54) is 19.2 Å². The van der Waals surface area contributed by atoms with Crippen LogP contribution in [0.1, 0.15) is 34.6 Å². The van der Waals surface area contributed by atoms with Crippen molar-refractivity contribution in [3.8, 4) is 11.5 Å². The maximum Gasteiger partial charge on any atom is 0.338 e. The van der Waals surface area contributed by atoms with Crippen LogP contribution in [0.2, 0.25) is 10.0 Å². The minimum Gasteiger partial charge on any atom is -0.489 e. The first-order valence-electron chi connectivity index (χ1n) is 11.2. The van der Waals surface area contributed by atoms with Crippen LogP contribution in [0, 0.1) is 20.2 Å². The molecule has 0 aliphatic rings. The van der Waals surface area contributed by atoms with Gasteiger partial charge in [-0.05, 0) is 26.0 Å². The number of rotatable bonds is 15. The van der Waals surface area contributed by atoms with E-state index in [-0.39, 0.29) is 65.9 Å². The number of halogens is 2. The van der Waals surface area contributed by atoms with Gasteiger partial charge in [0.2, 0.25) is 0 Å². The summed E-state index contributed by atoms with van der Waals surface area (Å²) in [5.74, 6) is -2.07. The Bertz CT molecular complexity index is 1130. The Hall–Kier alpha value is -3.72. The Labute approximate surface area is 231 Å². The molecule has 2 aromatic carbocycles. The van der Waals surface area contributed by atoms with Gasteiger partial charge in [-0.25, -0.2) is 9.59 Å². The number of methoxy groups -OCH3 is 1. The minimum absolute atomic E-state index is 0.0355. The van der Waals surface area contributed by atoms with Gasteiger partial charge < -0.3 is 28.4 Å². The number of carbonyl (C=O) groups is 2. The molecule has 0 bridgehead atoms. The van der Waals surface area contributed by atoms with Gasteiger partial charge in [0.25, 0.3) is 11.4 Å². The first kappa shape index (κ1) is 31.5. The zero-order valence-electron chi connectivity index (χ0n) is 21.0. The van der Waals surface area contributed by atoms with E-state index < -0.39 is 39.3 Å².